The van der Waals surface area contributed by atoms with Crippen molar-refractivity contribution >= 4 is 39.3 Å². The quantitative estimate of drug-likeness (QED) is 0.497. The molecule has 1 heterocycles. The van der Waals surface area contributed by atoms with Crippen LogP contribution < -0.4 is 10.6 Å². The maximum atomic E-state index is 12.5. The summed E-state index contributed by atoms with van der Waals surface area (Å²) in [7, 11) is -4.37. The van der Waals surface area contributed by atoms with E-state index in [1.165, 1.54) is 37.4 Å². The topological polar surface area (TPSA) is 147 Å². The number of nitrogens with zero attached hydrogens (tertiary/aromatic N) is 1. The van der Waals surface area contributed by atoms with E-state index in [1.807, 2.05) is 0 Å². The Morgan fingerprint density at radius 3 is 2.42 bits per heavy atom. The SMILES string of the molecule is CC(=O)Nc1cccc(C(=O)Nc2c[nH]nc2C(=O)OS(=O)(=O)c2ccc(C)cc2)c1. The van der Waals surface area contributed by atoms with Gasteiger partial charge in [0.1, 0.15) is 4.90 Å². The van der Waals surface area contributed by atoms with Crippen LogP contribution in [0.1, 0.15) is 33.3 Å². The fourth-order valence-electron chi connectivity index (χ4n) is 2.57. The number of rotatable bonds is 6. The normalized spacial score (nSPS) is 10.9. The van der Waals surface area contributed by atoms with E-state index in [0.717, 1.165) is 5.56 Å². The zero-order valence-electron chi connectivity index (χ0n) is 16.5. The largest absolute Gasteiger partial charge is 0.376 e. The van der Waals surface area contributed by atoms with Gasteiger partial charge in [-0.25, -0.2) is 4.79 Å². The van der Waals surface area contributed by atoms with Crippen molar-refractivity contribution in [2.45, 2.75) is 18.7 Å². The highest BCUT2D eigenvalue weighted by atomic mass is 32.2. The summed E-state index contributed by atoms with van der Waals surface area (Å²) >= 11 is 0. The number of H-pyrrole nitrogens is 1. The first-order valence-electron chi connectivity index (χ1n) is 8.94. The van der Waals surface area contributed by atoms with E-state index in [2.05, 4.69) is 25.0 Å². The van der Waals surface area contributed by atoms with E-state index >= 15 is 0 Å². The third-order valence-electron chi connectivity index (χ3n) is 4.02. The van der Waals surface area contributed by atoms with Crippen molar-refractivity contribution in [3.05, 3.63) is 71.5 Å². The van der Waals surface area contributed by atoms with Gasteiger partial charge in [0.05, 0.1) is 5.69 Å². The second-order valence-electron chi connectivity index (χ2n) is 6.50. The van der Waals surface area contributed by atoms with Gasteiger partial charge in [0.15, 0.2) is 5.69 Å². The average Bonchev–Trinajstić information content (AvgIpc) is 3.16. The van der Waals surface area contributed by atoms with Crippen molar-refractivity contribution in [1.29, 1.82) is 0 Å². The fourth-order valence-corrected chi connectivity index (χ4v) is 3.41. The smallest absolute Gasteiger partial charge is 0.336 e. The molecule has 0 aliphatic rings. The van der Waals surface area contributed by atoms with Gasteiger partial charge in [-0.05, 0) is 37.3 Å². The molecule has 10 nitrogen and oxygen atoms in total. The Bertz CT molecular complexity index is 1250. The predicted molar refractivity (Wildman–Crippen MR) is 111 cm³/mol. The molecule has 3 rings (SSSR count). The van der Waals surface area contributed by atoms with Crippen LogP contribution in [0.3, 0.4) is 0 Å². The first-order chi connectivity index (χ1) is 14.7. The number of hydrogen-bond acceptors (Lipinski definition) is 7. The lowest BCUT2D eigenvalue weighted by Crippen LogP contribution is -2.18. The second kappa shape index (κ2) is 8.79. The molecule has 0 aliphatic carbocycles. The summed E-state index contributed by atoms with van der Waals surface area (Å²) in [6.07, 6.45) is 1.21. The zero-order valence-corrected chi connectivity index (χ0v) is 17.3. The summed E-state index contributed by atoms with van der Waals surface area (Å²) in [5, 5.41) is 11.1. The molecular formula is C20H18N4O6S. The molecule has 2 aromatic carbocycles. The van der Waals surface area contributed by atoms with Crippen molar-refractivity contribution < 1.29 is 27.0 Å². The second-order valence-corrected chi connectivity index (χ2v) is 8.05. The molecule has 0 spiro atoms. The average molecular weight is 442 g/mol. The maximum absolute atomic E-state index is 12.5. The summed E-state index contributed by atoms with van der Waals surface area (Å²) < 4.78 is 29.3. The van der Waals surface area contributed by atoms with E-state index in [-0.39, 0.29) is 22.1 Å². The Balaban J connectivity index is 1.76. The minimum absolute atomic E-state index is 0.0703. The highest BCUT2D eigenvalue weighted by Crippen LogP contribution is 2.20. The van der Waals surface area contributed by atoms with Crippen molar-refractivity contribution in [2.24, 2.45) is 0 Å². The van der Waals surface area contributed by atoms with Crippen LogP contribution >= 0.6 is 0 Å². The number of aryl methyl sites for hydroxylation is 1. The third-order valence-corrected chi connectivity index (χ3v) is 5.24. The Kier molecular flexibility index (Phi) is 6.16. The number of anilines is 2. The van der Waals surface area contributed by atoms with E-state index in [9.17, 15) is 22.8 Å². The van der Waals surface area contributed by atoms with E-state index in [1.54, 1.807) is 31.2 Å². The van der Waals surface area contributed by atoms with Gasteiger partial charge in [0.2, 0.25) is 5.91 Å². The fraction of sp³-hybridized carbons (Fsp3) is 0.100. The molecular weight excluding hydrogens is 424 g/mol. The molecule has 0 aliphatic heterocycles. The standard InChI is InChI=1S/C20H18N4O6S/c1-12-6-8-16(9-7-12)31(28,29)30-20(27)18-17(11-21-24-18)23-19(26)14-4-3-5-15(10-14)22-13(2)25/h3-11H,1-2H3,(H,21,24)(H,22,25)(H,23,26). The monoisotopic (exact) mass is 442 g/mol. The van der Waals surface area contributed by atoms with Gasteiger partial charge in [-0.2, -0.15) is 13.5 Å². The van der Waals surface area contributed by atoms with Crippen LogP contribution in [0, 0.1) is 6.92 Å². The van der Waals surface area contributed by atoms with Gasteiger partial charge in [-0.1, -0.05) is 23.8 Å². The molecule has 31 heavy (non-hydrogen) atoms. The lowest BCUT2D eigenvalue weighted by molar-refractivity contribution is -0.114. The minimum Gasteiger partial charge on any atom is -0.336 e. The molecule has 0 fully saturated rings. The molecule has 2 amide bonds. The van der Waals surface area contributed by atoms with E-state index in [0.29, 0.717) is 5.69 Å². The Hall–Kier alpha value is -3.99. The molecule has 3 N–H and O–H groups in total. The molecule has 0 bridgehead atoms. The number of aromatic amines is 1. The van der Waals surface area contributed by atoms with Crippen molar-refractivity contribution in [3.8, 4) is 0 Å². The Labute approximate surface area is 177 Å². The first-order valence-corrected chi connectivity index (χ1v) is 10.3. The molecule has 0 atom stereocenters. The molecule has 3 aromatic rings. The summed E-state index contributed by atoms with van der Waals surface area (Å²) in [4.78, 5) is 35.9. The van der Waals surface area contributed by atoms with Gasteiger partial charge in [0, 0.05) is 24.4 Å². The summed E-state index contributed by atoms with van der Waals surface area (Å²) in [5.41, 5.74) is 0.960. The molecule has 0 radical (unpaired) electrons. The van der Waals surface area contributed by atoms with Crippen LogP contribution in [0.25, 0.3) is 0 Å². The van der Waals surface area contributed by atoms with E-state index in [4.69, 9.17) is 0 Å². The van der Waals surface area contributed by atoms with Gasteiger partial charge >= 0.3 is 16.1 Å². The number of nitrogens with one attached hydrogen (secondary N) is 3. The molecule has 0 saturated carbocycles. The van der Waals surface area contributed by atoms with E-state index < -0.39 is 27.7 Å². The zero-order chi connectivity index (χ0) is 22.6. The van der Waals surface area contributed by atoms with Crippen LogP contribution in [0.15, 0.2) is 59.6 Å². The van der Waals surface area contributed by atoms with Crippen LogP contribution in [0.4, 0.5) is 11.4 Å². The molecule has 160 valence electrons. The molecule has 0 saturated heterocycles. The third kappa shape index (κ3) is 5.34. The lowest BCUT2D eigenvalue weighted by Gasteiger charge is -2.08. The predicted octanol–water partition coefficient (Wildman–Crippen LogP) is 2.47. The summed E-state index contributed by atoms with van der Waals surface area (Å²) in [6.45, 7) is 3.12. The number of hydrogen-bond donors (Lipinski definition) is 3. The van der Waals surface area contributed by atoms with Gasteiger partial charge < -0.3 is 14.8 Å². The van der Waals surface area contributed by atoms with Gasteiger partial charge in [-0.15, -0.1) is 0 Å². The highest BCUT2D eigenvalue weighted by Gasteiger charge is 2.26. The van der Waals surface area contributed by atoms with Crippen LogP contribution in [-0.4, -0.2) is 36.4 Å². The van der Waals surface area contributed by atoms with Gasteiger partial charge in [0.25, 0.3) is 5.91 Å². The van der Waals surface area contributed by atoms with Crippen LogP contribution in [-0.2, 0) is 19.1 Å². The van der Waals surface area contributed by atoms with Crippen LogP contribution in [0.2, 0.25) is 0 Å². The summed E-state index contributed by atoms with van der Waals surface area (Å²) in [6, 6.07) is 11.9. The minimum atomic E-state index is -4.37. The lowest BCUT2D eigenvalue weighted by atomic mass is 10.2. The van der Waals surface area contributed by atoms with Crippen LogP contribution in [0.5, 0.6) is 0 Å². The maximum Gasteiger partial charge on any atom is 0.376 e. The molecule has 1 aromatic heterocycles. The van der Waals surface area contributed by atoms with Gasteiger partial charge in [-0.3, -0.25) is 14.7 Å². The summed E-state index contributed by atoms with van der Waals surface area (Å²) in [5.74, 6) is -2.17. The van der Waals surface area contributed by atoms with Crippen molar-refractivity contribution in [3.63, 3.8) is 0 Å². The Morgan fingerprint density at radius 1 is 1.03 bits per heavy atom. The Morgan fingerprint density at radius 2 is 1.74 bits per heavy atom. The highest BCUT2D eigenvalue weighted by molar-refractivity contribution is 7.87. The molecule has 11 heteroatoms. The molecule has 0 unspecified atom stereocenters. The number of carbonyl (C=O) groups excluding carboxylic acids is 3. The van der Waals surface area contributed by atoms with Crippen molar-refractivity contribution in [1.82, 2.24) is 10.2 Å². The number of amides is 2. The number of aromatic nitrogens is 2. The van der Waals surface area contributed by atoms with Crippen molar-refractivity contribution in [2.75, 3.05) is 10.6 Å². The first kappa shape index (κ1) is 21.7. The number of carbonyl (C=O) groups is 3. The number of benzene rings is 2.